The van der Waals surface area contributed by atoms with Gasteiger partial charge in [0.25, 0.3) is 0 Å². The Bertz CT molecular complexity index is 764. The van der Waals surface area contributed by atoms with Crippen molar-refractivity contribution in [2.75, 3.05) is 24.4 Å². The summed E-state index contributed by atoms with van der Waals surface area (Å²) in [4.78, 5) is 26.6. The number of nitrogens with one attached hydrogen (secondary N) is 2. The number of ether oxygens (including phenoxy) is 2. The number of hydrogen-bond donors (Lipinski definition) is 2. The number of pyridine rings is 1. The molecule has 2 rings (SSSR count). The van der Waals surface area contributed by atoms with E-state index in [1.54, 1.807) is 44.5 Å². The summed E-state index contributed by atoms with van der Waals surface area (Å²) < 4.78 is 10.7. The van der Waals surface area contributed by atoms with Gasteiger partial charge >= 0.3 is 0 Å². The molecule has 1 unspecified atom stereocenters. The number of aromatic nitrogens is 1. The minimum Gasteiger partial charge on any atom is -0.497 e. The first-order valence-electron chi connectivity index (χ1n) is 8.34. The molecule has 1 amide bonds. The van der Waals surface area contributed by atoms with Crippen LogP contribution in [0.1, 0.15) is 32.0 Å². The first-order chi connectivity index (χ1) is 12.6. The molecule has 0 saturated carbocycles. The normalized spacial score (nSPS) is 11.3. The molecule has 0 aliphatic rings. The third-order valence-corrected chi connectivity index (χ3v) is 3.70. The van der Waals surface area contributed by atoms with Crippen LogP contribution >= 0.6 is 0 Å². The van der Waals surface area contributed by atoms with Crippen LogP contribution in [-0.4, -0.2) is 30.9 Å². The number of amides is 1. The maximum Gasteiger partial charge on any atom is 0.224 e. The van der Waals surface area contributed by atoms with Crippen molar-refractivity contribution >= 4 is 23.6 Å². The molecular weight excluding hydrogens is 334 g/mol. The number of hydrogen-bond acceptors (Lipinski definition) is 6. The van der Waals surface area contributed by atoms with Crippen LogP contribution in [0.25, 0.3) is 0 Å². The average Bonchev–Trinajstić information content (AvgIpc) is 2.67. The summed E-state index contributed by atoms with van der Waals surface area (Å²) in [6.45, 7) is 3.65. The Balaban J connectivity index is 2.22. The lowest BCUT2D eigenvalue weighted by Crippen LogP contribution is -2.12. The molecule has 1 aromatic carbocycles. The van der Waals surface area contributed by atoms with Crippen molar-refractivity contribution in [3.63, 3.8) is 0 Å². The molecule has 0 radical (unpaired) electrons. The second-order valence-electron chi connectivity index (χ2n) is 5.58. The van der Waals surface area contributed by atoms with E-state index in [4.69, 9.17) is 9.47 Å². The van der Waals surface area contributed by atoms with E-state index < -0.39 is 0 Å². The van der Waals surface area contributed by atoms with Gasteiger partial charge in [-0.1, -0.05) is 6.92 Å². The summed E-state index contributed by atoms with van der Waals surface area (Å²) in [5, 5.41) is 6.08. The maximum atomic E-state index is 11.6. The molecule has 0 aliphatic heterocycles. The summed E-state index contributed by atoms with van der Waals surface area (Å²) >= 11 is 0. The van der Waals surface area contributed by atoms with Gasteiger partial charge in [-0.2, -0.15) is 0 Å². The van der Waals surface area contributed by atoms with Gasteiger partial charge in [0.15, 0.2) is 6.29 Å². The molecule has 0 saturated heterocycles. The molecule has 7 heteroatoms. The second-order valence-corrected chi connectivity index (χ2v) is 5.58. The number of nitrogens with zero attached hydrogens (tertiary/aromatic N) is 1. The Morgan fingerprint density at radius 3 is 2.81 bits per heavy atom. The number of carbonyl (C=O) groups excluding carboxylic acids is 2. The van der Waals surface area contributed by atoms with Gasteiger partial charge in [-0.05, 0) is 25.1 Å². The van der Waals surface area contributed by atoms with Crippen LogP contribution in [0.2, 0.25) is 0 Å². The van der Waals surface area contributed by atoms with Gasteiger partial charge < -0.3 is 20.1 Å². The van der Waals surface area contributed by atoms with Gasteiger partial charge in [-0.25, -0.2) is 0 Å². The van der Waals surface area contributed by atoms with E-state index in [0.29, 0.717) is 29.8 Å². The first-order valence-corrected chi connectivity index (χ1v) is 8.34. The monoisotopic (exact) mass is 357 g/mol. The predicted molar refractivity (Wildman–Crippen MR) is 99.7 cm³/mol. The van der Waals surface area contributed by atoms with Crippen LogP contribution in [0, 0.1) is 0 Å². The molecule has 0 bridgehead atoms. The number of aldehydes is 1. The van der Waals surface area contributed by atoms with Crippen molar-refractivity contribution in [1.29, 1.82) is 0 Å². The number of anilines is 2. The highest BCUT2D eigenvalue weighted by atomic mass is 16.5. The third kappa shape index (κ3) is 5.20. The number of benzene rings is 1. The Kier molecular flexibility index (Phi) is 6.96. The second kappa shape index (κ2) is 9.41. The van der Waals surface area contributed by atoms with Gasteiger partial charge in [0.05, 0.1) is 24.5 Å². The highest BCUT2D eigenvalue weighted by Gasteiger charge is 2.13. The van der Waals surface area contributed by atoms with Crippen LogP contribution in [-0.2, 0) is 9.59 Å². The van der Waals surface area contributed by atoms with E-state index in [-0.39, 0.29) is 18.6 Å². The standard InChI is InChI=1S/C19H23N3O4/c1-4-19(24)22-14-5-6-16(18(11-14)26-10-9-23)21-13(2)17-12-15(25-3)7-8-20-17/h5-9,11-13,21H,4,10H2,1-3H3,(H,22,24). The van der Waals surface area contributed by atoms with Crippen LogP contribution in [0.3, 0.4) is 0 Å². The molecule has 2 N–H and O–H groups in total. The molecule has 2 aromatic rings. The Hall–Kier alpha value is -3.09. The van der Waals surface area contributed by atoms with Crippen molar-refractivity contribution in [3.05, 3.63) is 42.2 Å². The molecule has 0 aliphatic carbocycles. The van der Waals surface area contributed by atoms with E-state index in [1.807, 2.05) is 13.0 Å². The SMILES string of the molecule is CCC(=O)Nc1ccc(NC(C)c2cc(OC)ccn2)c(OCC=O)c1. The van der Waals surface area contributed by atoms with E-state index in [2.05, 4.69) is 15.6 Å². The van der Waals surface area contributed by atoms with Gasteiger partial charge in [0, 0.05) is 30.4 Å². The van der Waals surface area contributed by atoms with Gasteiger partial charge in [0.1, 0.15) is 18.1 Å². The van der Waals surface area contributed by atoms with Crippen LogP contribution in [0.5, 0.6) is 11.5 Å². The molecule has 26 heavy (non-hydrogen) atoms. The summed E-state index contributed by atoms with van der Waals surface area (Å²) in [6.07, 6.45) is 2.73. The van der Waals surface area contributed by atoms with Crippen molar-refractivity contribution in [3.8, 4) is 11.5 Å². The van der Waals surface area contributed by atoms with Crippen LogP contribution in [0.4, 0.5) is 11.4 Å². The van der Waals surface area contributed by atoms with Gasteiger partial charge in [-0.3, -0.25) is 14.6 Å². The largest absolute Gasteiger partial charge is 0.497 e. The van der Waals surface area contributed by atoms with Crippen molar-refractivity contribution in [2.45, 2.75) is 26.3 Å². The smallest absolute Gasteiger partial charge is 0.224 e. The summed E-state index contributed by atoms with van der Waals surface area (Å²) in [5.74, 6) is 1.10. The first kappa shape index (κ1) is 19.2. The lowest BCUT2D eigenvalue weighted by Gasteiger charge is -2.19. The average molecular weight is 357 g/mol. The fourth-order valence-electron chi connectivity index (χ4n) is 2.31. The summed E-state index contributed by atoms with van der Waals surface area (Å²) in [6, 6.07) is 8.75. The van der Waals surface area contributed by atoms with E-state index in [9.17, 15) is 9.59 Å². The topological polar surface area (TPSA) is 89.6 Å². The molecule has 1 aromatic heterocycles. The van der Waals surface area contributed by atoms with Gasteiger partial charge in [0.2, 0.25) is 5.91 Å². The highest BCUT2D eigenvalue weighted by molar-refractivity contribution is 5.91. The Morgan fingerprint density at radius 1 is 1.31 bits per heavy atom. The highest BCUT2D eigenvalue weighted by Crippen LogP contribution is 2.31. The lowest BCUT2D eigenvalue weighted by atomic mass is 10.1. The van der Waals surface area contributed by atoms with Gasteiger partial charge in [-0.15, -0.1) is 0 Å². The molecule has 7 nitrogen and oxygen atoms in total. The fourth-order valence-corrected chi connectivity index (χ4v) is 2.31. The number of carbonyl (C=O) groups is 2. The maximum absolute atomic E-state index is 11.6. The minimum absolute atomic E-state index is 0.0777. The molecule has 138 valence electrons. The zero-order valence-corrected chi connectivity index (χ0v) is 15.1. The molecule has 0 spiro atoms. The molecule has 1 heterocycles. The van der Waals surface area contributed by atoms with E-state index >= 15 is 0 Å². The molecule has 1 atom stereocenters. The van der Waals surface area contributed by atoms with Crippen LogP contribution < -0.4 is 20.1 Å². The summed E-state index contributed by atoms with van der Waals surface area (Å²) in [5.41, 5.74) is 2.10. The van der Waals surface area contributed by atoms with Crippen LogP contribution in [0.15, 0.2) is 36.5 Å². The molecular formula is C19H23N3O4. The van der Waals surface area contributed by atoms with E-state index in [1.165, 1.54) is 0 Å². The zero-order chi connectivity index (χ0) is 18.9. The fraction of sp³-hybridized carbons (Fsp3) is 0.316. The summed E-state index contributed by atoms with van der Waals surface area (Å²) in [7, 11) is 1.60. The Labute approximate surface area is 152 Å². The number of methoxy groups -OCH3 is 1. The quantitative estimate of drug-likeness (QED) is 0.670. The molecule has 0 fully saturated rings. The van der Waals surface area contributed by atoms with E-state index in [0.717, 1.165) is 11.4 Å². The van der Waals surface area contributed by atoms with Crippen molar-refractivity contribution < 1.29 is 19.1 Å². The third-order valence-electron chi connectivity index (χ3n) is 3.70. The number of rotatable bonds is 9. The lowest BCUT2D eigenvalue weighted by molar-refractivity contribution is -0.116. The van der Waals surface area contributed by atoms with Crippen molar-refractivity contribution in [2.24, 2.45) is 0 Å². The van der Waals surface area contributed by atoms with Crippen molar-refractivity contribution in [1.82, 2.24) is 4.98 Å². The Morgan fingerprint density at radius 2 is 2.12 bits per heavy atom. The minimum atomic E-state index is -0.125. The zero-order valence-electron chi connectivity index (χ0n) is 15.1. The predicted octanol–water partition coefficient (Wildman–Crippen LogP) is 3.19.